The van der Waals surface area contributed by atoms with Crippen molar-refractivity contribution >= 4 is 28.9 Å². The maximum Gasteiger partial charge on any atom is 0.339 e. The van der Waals surface area contributed by atoms with E-state index >= 15 is 0 Å². The van der Waals surface area contributed by atoms with Crippen molar-refractivity contribution in [3.05, 3.63) is 54.1 Å². The summed E-state index contributed by atoms with van der Waals surface area (Å²) in [6.45, 7) is 6.23. The van der Waals surface area contributed by atoms with Gasteiger partial charge in [0.1, 0.15) is 0 Å². The molecule has 0 heterocycles. The molecule has 2 aromatic rings. The number of para-hydroxylation sites is 1. The highest BCUT2D eigenvalue weighted by Crippen LogP contribution is 2.18. The molecule has 6 nitrogen and oxygen atoms in total. The fraction of sp³-hybridized carbons (Fsp3) is 0.300. The SMILES string of the molecule is CCN(CC)c1ccc(NCC(=O)Nc2ccccc2C(=O)OC)cc1. The van der Waals surface area contributed by atoms with E-state index in [0.29, 0.717) is 11.3 Å². The van der Waals surface area contributed by atoms with Crippen molar-refractivity contribution in [2.75, 3.05) is 42.3 Å². The summed E-state index contributed by atoms with van der Waals surface area (Å²) in [7, 11) is 1.31. The summed E-state index contributed by atoms with van der Waals surface area (Å²) in [6.07, 6.45) is 0. The molecular formula is C20H25N3O3. The van der Waals surface area contributed by atoms with Crippen LogP contribution in [0.4, 0.5) is 17.1 Å². The van der Waals surface area contributed by atoms with Crippen LogP contribution in [0.25, 0.3) is 0 Å². The molecule has 0 bridgehead atoms. The normalized spacial score (nSPS) is 10.1. The molecule has 2 N–H and O–H groups in total. The third kappa shape index (κ3) is 4.99. The Bertz CT molecular complexity index is 740. The molecule has 0 aromatic heterocycles. The predicted octanol–water partition coefficient (Wildman–Crippen LogP) is 3.37. The second-order valence-corrected chi connectivity index (χ2v) is 5.66. The monoisotopic (exact) mass is 355 g/mol. The van der Waals surface area contributed by atoms with Gasteiger partial charge in [-0.15, -0.1) is 0 Å². The molecule has 0 atom stereocenters. The minimum absolute atomic E-state index is 0.0973. The molecule has 0 fully saturated rings. The Morgan fingerprint density at radius 1 is 1.00 bits per heavy atom. The van der Waals surface area contributed by atoms with Gasteiger partial charge in [0.05, 0.1) is 24.9 Å². The lowest BCUT2D eigenvalue weighted by Crippen LogP contribution is -2.23. The number of carbonyl (C=O) groups excluding carboxylic acids is 2. The van der Waals surface area contributed by atoms with Crippen LogP contribution in [0.3, 0.4) is 0 Å². The molecule has 0 aliphatic rings. The maximum absolute atomic E-state index is 12.2. The molecule has 2 rings (SSSR count). The molecule has 0 spiro atoms. The van der Waals surface area contributed by atoms with Crippen LogP contribution in [-0.2, 0) is 9.53 Å². The van der Waals surface area contributed by atoms with E-state index in [1.807, 2.05) is 24.3 Å². The van der Waals surface area contributed by atoms with Gasteiger partial charge in [0.15, 0.2) is 0 Å². The first-order valence-electron chi connectivity index (χ1n) is 8.65. The van der Waals surface area contributed by atoms with Gasteiger partial charge in [-0.25, -0.2) is 4.79 Å². The molecule has 2 aromatic carbocycles. The fourth-order valence-electron chi connectivity index (χ4n) is 2.64. The van der Waals surface area contributed by atoms with Gasteiger partial charge < -0.3 is 20.3 Å². The van der Waals surface area contributed by atoms with Crippen molar-refractivity contribution in [3.8, 4) is 0 Å². The lowest BCUT2D eigenvalue weighted by molar-refractivity contribution is -0.114. The van der Waals surface area contributed by atoms with E-state index in [4.69, 9.17) is 4.74 Å². The van der Waals surface area contributed by atoms with E-state index in [0.717, 1.165) is 24.5 Å². The molecule has 0 saturated carbocycles. The summed E-state index contributed by atoms with van der Waals surface area (Å²) in [5.74, 6) is -0.727. The van der Waals surface area contributed by atoms with E-state index in [2.05, 4.69) is 29.4 Å². The molecule has 0 saturated heterocycles. The van der Waals surface area contributed by atoms with Gasteiger partial charge in [-0.1, -0.05) is 12.1 Å². The predicted molar refractivity (Wildman–Crippen MR) is 105 cm³/mol. The molecular weight excluding hydrogens is 330 g/mol. The van der Waals surface area contributed by atoms with Crippen molar-refractivity contribution in [1.82, 2.24) is 0 Å². The standard InChI is InChI=1S/C20H25N3O3/c1-4-23(5-2)16-12-10-15(11-13-16)21-14-19(24)22-18-9-7-6-8-17(18)20(25)26-3/h6-13,21H,4-5,14H2,1-3H3,(H,22,24). The minimum atomic E-state index is -0.485. The Kier molecular flexibility index (Phi) is 7.02. The number of benzene rings is 2. The summed E-state index contributed by atoms with van der Waals surface area (Å²) in [4.78, 5) is 26.2. The number of amides is 1. The molecule has 6 heteroatoms. The highest BCUT2D eigenvalue weighted by atomic mass is 16.5. The van der Waals surface area contributed by atoms with Gasteiger partial charge in [-0.05, 0) is 50.2 Å². The summed E-state index contributed by atoms with van der Waals surface area (Å²) < 4.78 is 4.73. The van der Waals surface area contributed by atoms with Crippen LogP contribution in [0, 0.1) is 0 Å². The number of esters is 1. The van der Waals surface area contributed by atoms with E-state index in [-0.39, 0.29) is 12.5 Å². The number of methoxy groups -OCH3 is 1. The quantitative estimate of drug-likeness (QED) is 0.711. The number of rotatable bonds is 8. The molecule has 0 aliphatic heterocycles. The maximum atomic E-state index is 12.2. The number of carbonyl (C=O) groups is 2. The van der Waals surface area contributed by atoms with Crippen LogP contribution in [0.2, 0.25) is 0 Å². The third-order valence-electron chi connectivity index (χ3n) is 4.06. The number of ether oxygens (including phenoxy) is 1. The lowest BCUT2D eigenvalue weighted by atomic mass is 10.2. The lowest BCUT2D eigenvalue weighted by Gasteiger charge is -2.21. The molecule has 0 unspecified atom stereocenters. The van der Waals surface area contributed by atoms with Gasteiger partial charge in [-0.2, -0.15) is 0 Å². The molecule has 26 heavy (non-hydrogen) atoms. The largest absolute Gasteiger partial charge is 0.465 e. The first kappa shape index (κ1) is 19.3. The summed E-state index contributed by atoms with van der Waals surface area (Å²) in [5, 5.41) is 5.82. The second kappa shape index (κ2) is 9.46. The number of nitrogens with zero attached hydrogens (tertiary/aromatic N) is 1. The van der Waals surface area contributed by atoms with Crippen molar-refractivity contribution < 1.29 is 14.3 Å². The average molecular weight is 355 g/mol. The van der Waals surface area contributed by atoms with E-state index in [1.165, 1.54) is 7.11 Å². The smallest absolute Gasteiger partial charge is 0.339 e. The zero-order valence-electron chi connectivity index (χ0n) is 15.4. The van der Waals surface area contributed by atoms with Crippen molar-refractivity contribution in [2.24, 2.45) is 0 Å². The molecule has 138 valence electrons. The van der Waals surface area contributed by atoms with Gasteiger partial charge >= 0.3 is 5.97 Å². The van der Waals surface area contributed by atoms with Crippen molar-refractivity contribution in [3.63, 3.8) is 0 Å². The van der Waals surface area contributed by atoms with Crippen molar-refractivity contribution in [2.45, 2.75) is 13.8 Å². The highest BCUT2D eigenvalue weighted by Gasteiger charge is 2.13. The molecule has 0 radical (unpaired) electrons. The minimum Gasteiger partial charge on any atom is -0.465 e. The summed E-state index contributed by atoms with van der Waals surface area (Å²) in [5.41, 5.74) is 2.77. The van der Waals surface area contributed by atoms with Crippen molar-refractivity contribution in [1.29, 1.82) is 0 Å². The number of hydrogen-bond donors (Lipinski definition) is 2. The Balaban J connectivity index is 1.94. The van der Waals surface area contributed by atoms with E-state index in [1.54, 1.807) is 24.3 Å². The first-order chi connectivity index (χ1) is 12.6. The van der Waals surface area contributed by atoms with E-state index in [9.17, 15) is 9.59 Å². The Labute approximate surface area is 154 Å². The Hall–Kier alpha value is -3.02. The van der Waals surface area contributed by atoms with Gasteiger partial charge in [0, 0.05) is 24.5 Å². The second-order valence-electron chi connectivity index (χ2n) is 5.66. The summed E-state index contributed by atoms with van der Waals surface area (Å²) >= 11 is 0. The fourth-order valence-corrected chi connectivity index (χ4v) is 2.64. The molecule has 1 amide bonds. The van der Waals surface area contributed by atoms with Crippen LogP contribution in [0.5, 0.6) is 0 Å². The zero-order valence-corrected chi connectivity index (χ0v) is 15.4. The van der Waals surface area contributed by atoms with Crippen LogP contribution in [-0.4, -0.2) is 38.6 Å². The Morgan fingerprint density at radius 3 is 2.27 bits per heavy atom. The van der Waals surface area contributed by atoms with Gasteiger partial charge in [0.2, 0.25) is 5.91 Å². The Morgan fingerprint density at radius 2 is 1.65 bits per heavy atom. The third-order valence-corrected chi connectivity index (χ3v) is 4.06. The highest BCUT2D eigenvalue weighted by molar-refractivity contribution is 6.02. The summed E-state index contributed by atoms with van der Waals surface area (Å²) in [6, 6.07) is 14.7. The molecule has 0 aliphatic carbocycles. The topological polar surface area (TPSA) is 70.7 Å². The average Bonchev–Trinajstić information content (AvgIpc) is 2.68. The van der Waals surface area contributed by atoms with Gasteiger partial charge in [-0.3, -0.25) is 4.79 Å². The van der Waals surface area contributed by atoms with Crippen LogP contribution in [0.1, 0.15) is 24.2 Å². The zero-order chi connectivity index (χ0) is 18.9. The van der Waals surface area contributed by atoms with E-state index < -0.39 is 5.97 Å². The number of anilines is 3. The van der Waals surface area contributed by atoms with Gasteiger partial charge in [0.25, 0.3) is 0 Å². The number of nitrogens with one attached hydrogen (secondary N) is 2. The van der Waals surface area contributed by atoms with Crippen LogP contribution < -0.4 is 15.5 Å². The first-order valence-corrected chi connectivity index (χ1v) is 8.65. The van der Waals surface area contributed by atoms with Crippen LogP contribution >= 0.6 is 0 Å². The number of hydrogen-bond acceptors (Lipinski definition) is 5. The van der Waals surface area contributed by atoms with Crippen LogP contribution in [0.15, 0.2) is 48.5 Å².